The zero-order valence-corrected chi connectivity index (χ0v) is 11.8. The van der Waals surface area contributed by atoms with Crippen LogP contribution in [-0.2, 0) is 11.2 Å². The van der Waals surface area contributed by atoms with Crippen molar-refractivity contribution in [2.24, 2.45) is 5.73 Å². The Morgan fingerprint density at radius 3 is 3.10 bits per heavy atom. The van der Waals surface area contributed by atoms with E-state index in [1.807, 2.05) is 6.07 Å². The summed E-state index contributed by atoms with van der Waals surface area (Å²) in [4.78, 5) is 13.9. The standard InChI is InChI=1S/C15H21N3O2/c1-20-11-4-2-10-3-5-13(12(10)8-11)18-7-6-17-9-14(18)15(16)19/h2,4,8,13-14,17H,3,5-7,9H2,1H3,(H2,16,19). The Kier molecular flexibility index (Phi) is 3.63. The number of amides is 1. The summed E-state index contributed by atoms with van der Waals surface area (Å²) in [7, 11) is 1.68. The summed E-state index contributed by atoms with van der Waals surface area (Å²) in [6, 6.07) is 6.30. The molecule has 0 spiro atoms. The topological polar surface area (TPSA) is 67.6 Å². The lowest BCUT2D eigenvalue weighted by molar-refractivity contribution is -0.124. The maximum absolute atomic E-state index is 11.7. The summed E-state index contributed by atoms with van der Waals surface area (Å²) in [6.45, 7) is 2.40. The van der Waals surface area contributed by atoms with Gasteiger partial charge < -0.3 is 15.8 Å². The number of carbonyl (C=O) groups is 1. The van der Waals surface area contributed by atoms with Gasteiger partial charge in [-0.3, -0.25) is 9.69 Å². The van der Waals surface area contributed by atoms with Gasteiger partial charge in [0.15, 0.2) is 0 Å². The minimum Gasteiger partial charge on any atom is -0.497 e. The van der Waals surface area contributed by atoms with E-state index < -0.39 is 0 Å². The van der Waals surface area contributed by atoms with Crippen molar-refractivity contribution in [3.05, 3.63) is 29.3 Å². The van der Waals surface area contributed by atoms with E-state index >= 15 is 0 Å². The number of ether oxygens (including phenoxy) is 1. The van der Waals surface area contributed by atoms with Gasteiger partial charge in [-0.1, -0.05) is 6.07 Å². The Balaban J connectivity index is 1.90. The molecule has 2 aliphatic rings. The second-order valence-corrected chi connectivity index (χ2v) is 5.48. The van der Waals surface area contributed by atoms with Gasteiger partial charge in [-0.05, 0) is 36.1 Å². The Morgan fingerprint density at radius 1 is 1.50 bits per heavy atom. The van der Waals surface area contributed by atoms with Gasteiger partial charge in [0.25, 0.3) is 0 Å². The minimum atomic E-state index is -0.242. The number of hydrogen-bond donors (Lipinski definition) is 2. The number of aryl methyl sites for hydroxylation is 1. The third-order valence-corrected chi connectivity index (χ3v) is 4.41. The summed E-state index contributed by atoms with van der Waals surface area (Å²) < 4.78 is 5.33. The van der Waals surface area contributed by atoms with E-state index in [0.29, 0.717) is 6.54 Å². The molecule has 0 aromatic heterocycles. The number of benzene rings is 1. The second-order valence-electron chi connectivity index (χ2n) is 5.48. The highest BCUT2D eigenvalue weighted by atomic mass is 16.5. The van der Waals surface area contributed by atoms with Crippen molar-refractivity contribution in [1.82, 2.24) is 10.2 Å². The first-order chi connectivity index (χ1) is 9.70. The minimum absolute atomic E-state index is 0.217. The normalized spacial score (nSPS) is 26.2. The van der Waals surface area contributed by atoms with Gasteiger partial charge in [0.2, 0.25) is 5.91 Å². The molecule has 5 nitrogen and oxygen atoms in total. The molecule has 0 radical (unpaired) electrons. The van der Waals surface area contributed by atoms with Gasteiger partial charge in [-0.15, -0.1) is 0 Å². The van der Waals surface area contributed by atoms with Gasteiger partial charge in [0, 0.05) is 25.7 Å². The van der Waals surface area contributed by atoms with Crippen molar-refractivity contribution in [2.75, 3.05) is 26.7 Å². The Bertz CT molecular complexity index is 518. The van der Waals surface area contributed by atoms with Crippen LogP contribution in [0.3, 0.4) is 0 Å². The van der Waals surface area contributed by atoms with Crippen LogP contribution in [0, 0.1) is 0 Å². The molecule has 1 amide bonds. The third-order valence-electron chi connectivity index (χ3n) is 4.41. The highest BCUT2D eigenvalue weighted by Crippen LogP contribution is 2.38. The molecular formula is C15H21N3O2. The first-order valence-electron chi connectivity index (χ1n) is 7.13. The zero-order valence-electron chi connectivity index (χ0n) is 11.8. The Labute approximate surface area is 119 Å². The summed E-state index contributed by atoms with van der Waals surface area (Å²) in [6.07, 6.45) is 2.10. The van der Waals surface area contributed by atoms with Crippen LogP contribution >= 0.6 is 0 Å². The fourth-order valence-corrected chi connectivity index (χ4v) is 3.39. The fourth-order valence-electron chi connectivity index (χ4n) is 3.39. The molecule has 1 aromatic rings. The molecule has 5 heteroatoms. The van der Waals surface area contributed by atoms with E-state index in [9.17, 15) is 4.79 Å². The number of rotatable bonds is 3. The number of piperazine rings is 1. The molecule has 1 aromatic carbocycles. The van der Waals surface area contributed by atoms with Crippen LogP contribution in [0.5, 0.6) is 5.75 Å². The van der Waals surface area contributed by atoms with Crippen LogP contribution in [0.1, 0.15) is 23.6 Å². The maximum Gasteiger partial charge on any atom is 0.236 e. The quantitative estimate of drug-likeness (QED) is 0.840. The summed E-state index contributed by atoms with van der Waals surface area (Å²) in [5.74, 6) is 0.634. The lowest BCUT2D eigenvalue weighted by Gasteiger charge is -2.38. The molecule has 1 heterocycles. The Morgan fingerprint density at radius 2 is 2.35 bits per heavy atom. The molecule has 0 saturated carbocycles. The molecule has 108 valence electrons. The lowest BCUT2D eigenvalue weighted by Crippen LogP contribution is -2.57. The average Bonchev–Trinajstić information content (AvgIpc) is 2.89. The lowest BCUT2D eigenvalue weighted by atomic mass is 10.0. The van der Waals surface area contributed by atoms with Gasteiger partial charge in [0.1, 0.15) is 11.8 Å². The fraction of sp³-hybridized carbons (Fsp3) is 0.533. The number of nitrogens with one attached hydrogen (secondary N) is 1. The Hall–Kier alpha value is -1.59. The zero-order chi connectivity index (χ0) is 14.1. The molecular weight excluding hydrogens is 254 g/mol. The van der Waals surface area contributed by atoms with Crippen LogP contribution in [0.2, 0.25) is 0 Å². The van der Waals surface area contributed by atoms with Crippen molar-refractivity contribution in [2.45, 2.75) is 24.9 Å². The molecule has 3 N–H and O–H groups in total. The van der Waals surface area contributed by atoms with Crippen molar-refractivity contribution in [3.8, 4) is 5.75 Å². The van der Waals surface area contributed by atoms with E-state index in [0.717, 1.165) is 31.7 Å². The van der Waals surface area contributed by atoms with Crippen LogP contribution in [0.4, 0.5) is 0 Å². The molecule has 1 fully saturated rings. The number of carbonyl (C=O) groups excluding carboxylic acids is 1. The second kappa shape index (κ2) is 5.42. The molecule has 1 saturated heterocycles. The summed E-state index contributed by atoms with van der Waals surface area (Å²) in [5.41, 5.74) is 8.20. The van der Waals surface area contributed by atoms with E-state index in [1.54, 1.807) is 7.11 Å². The first kappa shape index (κ1) is 13.4. The predicted octanol–water partition coefficient (Wildman–Crippen LogP) is 0.442. The SMILES string of the molecule is COc1ccc2c(c1)C(N1CCNCC1C(N)=O)CC2. The largest absolute Gasteiger partial charge is 0.497 e. The summed E-state index contributed by atoms with van der Waals surface area (Å²) in [5, 5.41) is 3.25. The summed E-state index contributed by atoms with van der Waals surface area (Å²) >= 11 is 0. The smallest absolute Gasteiger partial charge is 0.236 e. The van der Waals surface area contributed by atoms with E-state index in [1.165, 1.54) is 11.1 Å². The van der Waals surface area contributed by atoms with Gasteiger partial charge in [-0.2, -0.15) is 0 Å². The number of hydrogen-bond acceptors (Lipinski definition) is 4. The van der Waals surface area contributed by atoms with Gasteiger partial charge in [0.05, 0.1) is 7.11 Å². The maximum atomic E-state index is 11.7. The number of nitrogens with zero attached hydrogens (tertiary/aromatic N) is 1. The van der Waals surface area contributed by atoms with E-state index in [2.05, 4.69) is 22.3 Å². The van der Waals surface area contributed by atoms with Crippen molar-refractivity contribution < 1.29 is 9.53 Å². The first-order valence-corrected chi connectivity index (χ1v) is 7.13. The molecule has 0 bridgehead atoms. The molecule has 20 heavy (non-hydrogen) atoms. The van der Waals surface area contributed by atoms with E-state index in [4.69, 9.17) is 10.5 Å². The highest BCUT2D eigenvalue weighted by molar-refractivity contribution is 5.80. The molecule has 3 rings (SSSR count). The van der Waals surface area contributed by atoms with Crippen LogP contribution in [-0.4, -0.2) is 43.6 Å². The van der Waals surface area contributed by atoms with Crippen LogP contribution < -0.4 is 15.8 Å². The number of fused-ring (bicyclic) bond motifs is 1. The predicted molar refractivity (Wildman–Crippen MR) is 76.6 cm³/mol. The van der Waals surface area contributed by atoms with Gasteiger partial charge >= 0.3 is 0 Å². The van der Waals surface area contributed by atoms with Crippen molar-refractivity contribution in [3.63, 3.8) is 0 Å². The molecule has 2 atom stereocenters. The number of methoxy groups -OCH3 is 1. The molecule has 1 aliphatic carbocycles. The third kappa shape index (κ3) is 2.27. The molecule has 2 unspecified atom stereocenters. The van der Waals surface area contributed by atoms with E-state index in [-0.39, 0.29) is 18.0 Å². The average molecular weight is 275 g/mol. The van der Waals surface area contributed by atoms with Gasteiger partial charge in [-0.25, -0.2) is 0 Å². The number of primary amides is 1. The van der Waals surface area contributed by atoms with Crippen LogP contribution in [0.25, 0.3) is 0 Å². The monoisotopic (exact) mass is 275 g/mol. The van der Waals surface area contributed by atoms with Crippen molar-refractivity contribution >= 4 is 5.91 Å². The number of nitrogens with two attached hydrogens (primary N) is 1. The van der Waals surface area contributed by atoms with Crippen molar-refractivity contribution in [1.29, 1.82) is 0 Å². The molecule has 1 aliphatic heterocycles. The van der Waals surface area contributed by atoms with Crippen LogP contribution in [0.15, 0.2) is 18.2 Å². The highest BCUT2D eigenvalue weighted by Gasteiger charge is 2.36.